The Bertz CT molecular complexity index is 286. The van der Waals surface area contributed by atoms with Gasteiger partial charge in [-0.1, -0.05) is 27.7 Å². The van der Waals surface area contributed by atoms with E-state index in [4.69, 9.17) is 10.3 Å². The van der Waals surface area contributed by atoms with Gasteiger partial charge in [0.1, 0.15) is 0 Å². The zero-order chi connectivity index (χ0) is 12.7. The molecule has 0 radical (unpaired) electrons. The van der Waals surface area contributed by atoms with Crippen LogP contribution in [0.4, 0.5) is 0 Å². The lowest BCUT2D eigenvalue weighted by atomic mass is 10.1. The van der Waals surface area contributed by atoms with Crippen molar-refractivity contribution in [2.24, 2.45) is 11.7 Å². The van der Waals surface area contributed by atoms with Gasteiger partial charge >= 0.3 is 0 Å². The van der Waals surface area contributed by atoms with Crippen LogP contribution in [0.5, 0.6) is 0 Å². The van der Waals surface area contributed by atoms with E-state index in [-0.39, 0.29) is 16.9 Å². The second-order valence-corrected chi connectivity index (χ2v) is 11.0. The van der Waals surface area contributed by atoms with Crippen LogP contribution in [0.15, 0.2) is 0 Å². The number of hydrogen-bond donors (Lipinski definition) is 1. The fraction of sp³-hybridized carbons (Fsp3) is 0.909. The highest BCUT2D eigenvalue weighted by Crippen LogP contribution is 2.38. The second-order valence-electron chi connectivity index (χ2n) is 6.25. The maximum atomic E-state index is 11.8. The maximum Gasteiger partial charge on any atom is 0.262 e. The van der Waals surface area contributed by atoms with E-state index in [0.29, 0.717) is 6.54 Å². The van der Waals surface area contributed by atoms with Crippen molar-refractivity contribution in [1.82, 2.24) is 5.06 Å². The molecule has 0 aromatic rings. The van der Waals surface area contributed by atoms with E-state index in [0.717, 1.165) is 0 Å². The number of amides is 1. The monoisotopic (exact) mass is 244 g/mol. The van der Waals surface area contributed by atoms with Gasteiger partial charge in [-0.3, -0.25) is 4.79 Å². The molecule has 0 spiro atoms. The Morgan fingerprint density at radius 3 is 2.25 bits per heavy atom. The molecule has 1 amide bonds. The molecule has 1 rings (SSSR count). The third-order valence-corrected chi connectivity index (χ3v) is 8.03. The minimum Gasteiger partial charge on any atom is -0.320 e. The Labute approximate surface area is 99.2 Å². The third-order valence-electron chi connectivity index (χ3n) is 3.74. The predicted octanol–water partition coefficient (Wildman–Crippen LogP) is 1.73. The van der Waals surface area contributed by atoms with Crippen LogP contribution < -0.4 is 5.73 Å². The fourth-order valence-corrected chi connectivity index (χ4v) is 2.36. The molecule has 16 heavy (non-hydrogen) atoms. The van der Waals surface area contributed by atoms with Crippen molar-refractivity contribution < 1.29 is 9.32 Å². The average molecular weight is 244 g/mol. The smallest absolute Gasteiger partial charge is 0.262 e. The maximum absolute atomic E-state index is 11.8. The third kappa shape index (κ3) is 2.47. The minimum atomic E-state index is -1.92. The molecular weight excluding hydrogens is 220 g/mol. The molecule has 1 aliphatic rings. The van der Waals surface area contributed by atoms with Gasteiger partial charge in [0.15, 0.2) is 0 Å². The first kappa shape index (κ1) is 13.7. The van der Waals surface area contributed by atoms with Crippen LogP contribution >= 0.6 is 0 Å². The Morgan fingerprint density at radius 1 is 1.44 bits per heavy atom. The molecule has 94 valence electrons. The Kier molecular flexibility index (Phi) is 3.52. The Balaban J connectivity index is 2.73. The zero-order valence-corrected chi connectivity index (χ0v) is 12.2. The number of nitrogens with zero attached hydrogens (tertiary/aromatic N) is 1. The van der Waals surface area contributed by atoms with Gasteiger partial charge in [-0.15, -0.1) is 0 Å². The molecule has 1 fully saturated rings. The largest absolute Gasteiger partial charge is 0.320 e. The van der Waals surface area contributed by atoms with Crippen LogP contribution in [0, 0.1) is 5.92 Å². The Hall–Kier alpha value is -0.393. The summed E-state index contributed by atoms with van der Waals surface area (Å²) in [5.74, 6) is 0.106. The molecule has 1 heterocycles. The molecule has 0 saturated carbocycles. The van der Waals surface area contributed by atoms with Gasteiger partial charge < -0.3 is 10.3 Å². The van der Waals surface area contributed by atoms with Gasteiger partial charge in [0, 0.05) is 5.92 Å². The highest BCUT2D eigenvalue weighted by atomic mass is 28.4. The molecule has 5 heteroatoms. The van der Waals surface area contributed by atoms with Crippen molar-refractivity contribution in [2.75, 3.05) is 6.54 Å². The lowest BCUT2D eigenvalue weighted by molar-refractivity contribution is -0.153. The molecule has 1 aliphatic heterocycles. The van der Waals surface area contributed by atoms with E-state index in [1.54, 1.807) is 0 Å². The first-order valence-corrected chi connectivity index (χ1v) is 8.73. The van der Waals surface area contributed by atoms with Gasteiger partial charge in [0.25, 0.3) is 5.91 Å². The lowest BCUT2D eigenvalue weighted by Crippen LogP contribution is -2.48. The van der Waals surface area contributed by atoms with Gasteiger partial charge in [0.2, 0.25) is 8.32 Å². The number of hydrogen-bond acceptors (Lipinski definition) is 3. The molecular formula is C11H24N2O2Si. The summed E-state index contributed by atoms with van der Waals surface area (Å²) >= 11 is 0. The molecule has 4 nitrogen and oxygen atoms in total. The van der Waals surface area contributed by atoms with Gasteiger partial charge in [-0.05, 0) is 18.1 Å². The molecule has 0 aromatic carbocycles. The average Bonchev–Trinajstić information content (AvgIpc) is 2.31. The summed E-state index contributed by atoms with van der Waals surface area (Å²) in [5.41, 5.74) is 5.78. The van der Waals surface area contributed by atoms with E-state index >= 15 is 0 Å². The first-order valence-electron chi connectivity index (χ1n) is 5.82. The molecule has 0 aromatic heterocycles. The van der Waals surface area contributed by atoms with Gasteiger partial charge in [-0.25, -0.2) is 5.06 Å². The van der Waals surface area contributed by atoms with E-state index in [2.05, 4.69) is 33.9 Å². The predicted molar refractivity (Wildman–Crippen MR) is 67.1 cm³/mol. The van der Waals surface area contributed by atoms with Gasteiger partial charge in [0.05, 0.1) is 12.6 Å². The van der Waals surface area contributed by atoms with Crippen molar-refractivity contribution in [3.05, 3.63) is 0 Å². The van der Waals surface area contributed by atoms with Crippen LogP contribution in [-0.4, -0.2) is 31.9 Å². The molecule has 0 aliphatic carbocycles. The van der Waals surface area contributed by atoms with E-state index in [9.17, 15) is 4.79 Å². The summed E-state index contributed by atoms with van der Waals surface area (Å²) < 4.78 is 5.96. The van der Waals surface area contributed by atoms with Crippen molar-refractivity contribution in [3.8, 4) is 0 Å². The summed E-state index contributed by atoms with van der Waals surface area (Å²) in [4.78, 5) is 11.8. The van der Waals surface area contributed by atoms with Crippen LogP contribution in [0.2, 0.25) is 18.1 Å². The highest BCUT2D eigenvalue weighted by molar-refractivity contribution is 6.74. The van der Waals surface area contributed by atoms with Gasteiger partial charge in [-0.2, -0.15) is 0 Å². The summed E-state index contributed by atoms with van der Waals surface area (Å²) in [5, 5.41) is 1.59. The lowest BCUT2D eigenvalue weighted by Gasteiger charge is -2.38. The van der Waals surface area contributed by atoms with E-state index in [1.807, 2.05) is 6.92 Å². The molecule has 2 N–H and O–H groups in total. The number of hydroxylamine groups is 2. The quantitative estimate of drug-likeness (QED) is 0.753. The summed E-state index contributed by atoms with van der Waals surface area (Å²) in [6.07, 6.45) is 0. The first-order chi connectivity index (χ1) is 7.06. The van der Waals surface area contributed by atoms with Crippen molar-refractivity contribution >= 4 is 14.2 Å². The Morgan fingerprint density at radius 2 is 1.94 bits per heavy atom. The van der Waals surface area contributed by atoms with E-state index < -0.39 is 14.4 Å². The SMILES string of the molecule is CC1CN(O[Si](C)(C)C(C)(C)C)C(=O)C1N. The van der Waals surface area contributed by atoms with Crippen LogP contribution in [0.25, 0.3) is 0 Å². The van der Waals surface area contributed by atoms with Crippen LogP contribution in [0.1, 0.15) is 27.7 Å². The number of carbonyl (C=O) groups excluding carboxylic acids is 1. The second kappa shape index (κ2) is 4.12. The molecule has 1 saturated heterocycles. The molecule has 0 bridgehead atoms. The number of carbonyl (C=O) groups is 1. The van der Waals surface area contributed by atoms with Crippen LogP contribution in [-0.2, 0) is 9.32 Å². The standard InChI is InChI=1S/C11H24N2O2Si/c1-8-7-13(10(14)9(8)12)15-16(5,6)11(2,3)4/h8-9H,7,12H2,1-6H3. The van der Waals surface area contributed by atoms with Crippen LogP contribution in [0.3, 0.4) is 0 Å². The fourth-order valence-electron chi connectivity index (χ4n) is 1.37. The molecule has 2 unspecified atom stereocenters. The summed E-state index contributed by atoms with van der Waals surface area (Å²) in [6, 6.07) is -0.398. The van der Waals surface area contributed by atoms with Crippen molar-refractivity contribution in [2.45, 2.75) is 51.9 Å². The summed E-state index contributed by atoms with van der Waals surface area (Å²) in [7, 11) is -1.92. The topological polar surface area (TPSA) is 55.6 Å². The number of nitrogens with two attached hydrogens (primary N) is 1. The zero-order valence-electron chi connectivity index (χ0n) is 11.2. The van der Waals surface area contributed by atoms with Crippen molar-refractivity contribution in [3.63, 3.8) is 0 Å². The normalized spacial score (nSPS) is 27.7. The molecule has 2 atom stereocenters. The highest BCUT2D eigenvalue weighted by Gasteiger charge is 2.44. The van der Waals surface area contributed by atoms with Crippen molar-refractivity contribution in [1.29, 1.82) is 0 Å². The van der Waals surface area contributed by atoms with E-state index in [1.165, 1.54) is 5.06 Å². The number of rotatable bonds is 2. The summed E-state index contributed by atoms with van der Waals surface area (Å²) in [6.45, 7) is 13.3. The minimum absolute atomic E-state index is 0.0719.